The third kappa shape index (κ3) is 8.08. The molecule has 194 valence electrons. The van der Waals surface area contributed by atoms with Gasteiger partial charge in [-0.1, -0.05) is 6.42 Å². The summed E-state index contributed by atoms with van der Waals surface area (Å²) in [4.78, 5) is 15.6. The summed E-state index contributed by atoms with van der Waals surface area (Å²) >= 11 is 2.33. The predicted octanol–water partition coefficient (Wildman–Crippen LogP) is 6.16. The molecule has 2 aromatic rings. The van der Waals surface area contributed by atoms with Crippen LogP contribution in [0.3, 0.4) is 0 Å². The van der Waals surface area contributed by atoms with Gasteiger partial charge in [-0.2, -0.15) is 5.26 Å². The number of halogens is 3. The topological polar surface area (TPSA) is 68.2 Å². The van der Waals surface area contributed by atoms with E-state index in [1.807, 2.05) is 25.1 Å². The van der Waals surface area contributed by atoms with Gasteiger partial charge in [0.05, 0.1) is 11.3 Å². The van der Waals surface area contributed by atoms with E-state index in [0.29, 0.717) is 29.9 Å². The summed E-state index contributed by atoms with van der Waals surface area (Å²) in [6, 6.07) is 10.8. The molecule has 2 N–H and O–H groups in total. The molecular formula is C26H31F3N4OS2. The van der Waals surface area contributed by atoms with E-state index in [2.05, 4.69) is 10.0 Å². The Kier molecular flexibility index (Phi) is 10.4. The standard InChI is InChI=1S/C26H31F3N4OS2/c1-33(2)13-10-20(17-35-21-8-6-19(27)7-9-21)31-24-18(16-30)14-22(15-23(24)28)36-32-25(34)26(29)11-4-3-5-12-26/h6-9,14-15,20,31H,3-5,10-13,17H2,1-2H3,(H,32,34). The SMILES string of the molecule is CN(C)CCC(CSc1ccc(F)cc1)Nc1c(F)cc(SNC(=O)C2(F)CCCCC2)cc1C#N. The number of nitrogens with one attached hydrogen (secondary N) is 2. The molecule has 0 spiro atoms. The number of carbonyl (C=O) groups excluding carboxylic acids is 1. The van der Waals surface area contributed by atoms with E-state index in [1.54, 1.807) is 12.1 Å². The Morgan fingerprint density at radius 3 is 2.47 bits per heavy atom. The van der Waals surface area contributed by atoms with Crippen LogP contribution < -0.4 is 10.0 Å². The van der Waals surface area contributed by atoms with Crippen LogP contribution in [0.15, 0.2) is 46.2 Å². The molecule has 2 aromatic carbocycles. The molecule has 36 heavy (non-hydrogen) atoms. The van der Waals surface area contributed by atoms with Gasteiger partial charge >= 0.3 is 0 Å². The van der Waals surface area contributed by atoms with Gasteiger partial charge in [-0.05, 0) is 101 Å². The minimum atomic E-state index is -1.90. The number of nitriles is 1. The lowest BCUT2D eigenvalue weighted by Crippen LogP contribution is -2.42. The highest BCUT2D eigenvalue weighted by atomic mass is 32.2. The molecule has 10 heteroatoms. The number of hydrogen-bond donors (Lipinski definition) is 2. The highest BCUT2D eigenvalue weighted by molar-refractivity contribution is 7.99. The van der Waals surface area contributed by atoms with Crippen molar-refractivity contribution in [2.45, 2.75) is 60.0 Å². The highest BCUT2D eigenvalue weighted by Gasteiger charge is 2.39. The van der Waals surface area contributed by atoms with E-state index in [9.17, 15) is 18.8 Å². The van der Waals surface area contributed by atoms with E-state index in [1.165, 1.54) is 36.0 Å². The maximum atomic E-state index is 15.1. The van der Waals surface area contributed by atoms with E-state index in [0.717, 1.165) is 29.8 Å². The maximum Gasteiger partial charge on any atom is 0.267 e. The zero-order valence-electron chi connectivity index (χ0n) is 20.5. The lowest BCUT2D eigenvalue weighted by molar-refractivity contribution is -0.132. The van der Waals surface area contributed by atoms with Crippen LogP contribution in [0.4, 0.5) is 18.9 Å². The summed E-state index contributed by atoms with van der Waals surface area (Å²) < 4.78 is 45.7. The number of hydrogen-bond acceptors (Lipinski definition) is 6. The molecule has 0 aliphatic heterocycles. The number of thioether (sulfide) groups is 1. The summed E-state index contributed by atoms with van der Waals surface area (Å²) in [6.07, 6.45) is 3.30. The van der Waals surface area contributed by atoms with E-state index in [4.69, 9.17) is 0 Å². The van der Waals surface area contributed by atoms with Crippen LogP contribution >= 0.6 is 23.7 Å². The second-order valence-corrected chi connectivity index (χ2v) is 11.2. The minimum Gasteiger partial charge on any atom is -0.378 e. The van der Waals surface area contributed by atoms with Gasteiger partial charge in [0.1, 0.15) is 17.7 Å². The second-order valence-electron chi connectivity index (χ2n) is 9.20. The van der Waals surface area contributed by atoms with Gasteiger partial charge < -0.3 is 10.2 Å². The Bertz CT molecular complexity index is 1070. The first-order chi connectivity index (χ1) is 17.2. The van der Waals surface area contributed by atoms with Gasteiger partial charge in [0, 0.05) is 21.6 Å². The third-order valence-electron chi connectivity index (χ3n) is 6.04. The second kappa shape index (κ2) is 13.3. The number of benzene rings is 2. The zero-order valence-corrected chi connectivity index (χ0v) is 22.1. The van der Waals surface area contributed by atoms with Crippen molar-refractivity contribution in [3.05, 3.63) is 53.6 Å². The average Bonchev–Trinajstić information content (AvgIpc) is 2.86. The van der Waals surface area contributed by atoms with Crippen molar-refractivity contribution in [3.63, 3.8) is 0 Å². The van der Waals surface area contributed by atoms with Crippen LogP contribution in [0, 0.1) is 23.0 Å². The lowest BCUT2D eigenvalue weighted by atomic mass is 9.86. The molecule has 1 saturated carbocycles. The molecular weight excluding hydrogens is 505 g/mol. The van der Waals surface area contributed by atoms with E-state index < -0.39 is 17.4 Å². The third-order valence-corrected chi connectivity index (χ3v) is 7.97. The molecule has 1 aliphatic carbocycles. The van der Waals surface area contributed by atoms with Crippen molar-refractivity contribution in [1.29, 1.82) is 5.26 Å². The number of alkyl halides is 1. The quantitative estimate of drug-likeness (QED) is 0.265. The normalized spacial score (nSPS) is 15.8. The van der Waals surface area contributed by atoms with Crippen molar-refractivity contribution in [2.24, 2.45) is 0 Å². The van der Waals surface area contributed by atoms with Crippen LogP contribution in [0.25, 0.3) is 0 Å². The van der Waals surface area contributed by atoms with Crippen molar-refractivity contribution in [3.8, 4) is 6.07 Å². The molecule has 1 amide bonds. The largest absolute Gasteiger partial charge is 0.378 e. The molecule has 0 saturated heterocycles. The van der Waals surface area contributed by atoms with E-state index in [-0.39, 0.29) is 36.0 Å². The molecule has 5 nitrogen and oxygen atoms in total. The van der Waals surface area contributed by atoms with Gasteiger partial charge in [-0.3, -0.25) is 9.52 Å². The van der Waals surface area contributed by atoms with Crippen LogP contribution in [-0.2, 0) is 4.79 Å². The summed E-state index contributed by atoms with van der Waals surface area (Å²) in [5.41, 5.74) is -1.71. The van der Waals surface area contributed by atoms with Gasteiger partial charge in [0.25, 0.3) is 5.91 Å². The fraction of sp³-hybridized carbons (Fsp3) is 0.462. The molecule has 0 bridgehead atoms. The van der Waals surface area contributed by atoms with Gasteiger partial charge in [0.2, 0.25) is 0 Å². The summed E-state index contributed by atoms with van der Waals surface area (Å²) in [7, 11) is 3.89. The maximum absolute atomic E-state index is 15.1. The van der Waals surface area contributed by atoms with Crippen LogP contribution in [-0.4, -0.2) is 48.9 Å². The van der Waals surface area contributed by atoms with Gasteiger partial charge in [0.15, 0.2) is 5.67 Å². The zero-order chi connectivity index (χ0) is 26.1. The van der Waals surface area contributed by atoms with Crippen molar-refractivity contribution < 1.29 is 18.0 Å². The molecule has 1 unspecified atom stereocenters. The van der Waals surface area contributed by atoms with Crippen molar-refractivity contribution in [2.75, 3.05) is 31.7 Å². The fourth-order valence-electron chi connectivity index (χ4n) is 3.95. The molecule has 0 radical (unpaired) electrons. The number of nitrogens with zero attached hydrogens (tertiary/aromatic N) is 2. The first kappa shape index (κ1) is 28.2. The predicted molar refractivity (Wildman–Crippen MR) is 140 cm³/mol. The summed E-state index contributed by atoms with van der Waals surface area (Å²) in [5, 5.41) is 12.9. The Hall–Kier alpha value is -2.35. The number of rotatable bonds is 11. The van der Waals surface area contributed by atoms with Gasteiger partial charge in [-0.25, -0.2) is 13.2 Å². The van der Waals surface area contributed by atoms with E-state index >= 15 is 4.39 Å². The lowest BCUT2D eigenvalue weighted by Gasteiger charge is -2.27. The Balaban J connectivity index is 1.69. The molecule has 1 atom stereocenters. The van der Waals surface area contributed by atoms with Crippen molar-refractivity contribution in [1.82, 2.24) is 9.62 Å². The summed E-state index contributed by atoms with van der Waals surface area (Å²) in [6.45, 7) is 0.746. The smallest absolute Gasteiger partial charge is 0.267 e. The highest BCUT2D eigenvalue weighted by Crippen LogP contribution is 2.34. The minimum absolute atomic E-state index is 0.0888. The van der Waals surface area contributed by atoms with Gasteiger partial charge in [-0.15, -0.1) is 11.8 Å². The van der Waals surface area contributed by atoms with Crippen molar-refractivity contribution >= 4 is 35.3 Å². The Labute approximate surface area is 219 Å². The molecule has 1 aliphatic rings. The molecule has 0 aromatic heterocycles. The number of anilines is 1. The van der Waals surface area contributed by atoms with Crippen LogP contribution in [0.1, 0.15) is 44.1 Å². The first-order valence-corrected chi connectivity index (χ1v) is 13.7. The molecule has 0 heterocycles. The summed E-state index contributed by atoms with van der Waals surface area (Å²) in [5.74, 6) is -1.07. The average molecular weight is 537 g/mol. The van der Waals surface area contributed by atoms with Crippen LogP contribution in [0.2, 0.25) is 0 Å². The number of carbonyl (C=O) groups is 1. The Morgan fingerprint density at radius 2 is 1.83 bits per heavy atom. The van der Waals surface area contributed by atoms with Crippen LogP contribution in [0.5, 0.6) is 0 Å². The molecule has 1 fully saturated rings. The molecule has 3 rings (SSSR count). The Morgan fingerprint density at radius 1 is 1.14 bits per heavy atom. The first-order valence-electron chi connectivity index (χ1n) is 11.9. The monoisotopic (exact) mass is 536 g/mol. The number of amides is 1. The fourth-order valence-corrected chi connectivity index (χ4v) is 5.66.